The van der Waals surface area contributed by atoms with Gasteiger partial charge in [0.05, 0.1) is 21.8 Å². The minimum Gasteiger partial charge on any atom is -0.507 e. The zero-order valence-electron chi connectivity index (χ0n) is 21.6. The Hall–Kier alpha value is -4.46. The van der Waals surface area contributed by atoms with Crippen LogP contribution in [0.25, 0.3) is 16.0 Å². The topological polar surface area (TPSA) is 79.7 Å². The van der Waals surface area contributed by atoms with Gasteiger partial charge in [-0.2, -0.15) is 0 Å². The van der Waals surface area contributed by atoms with Gasteiger partial charge in [-0.1, -0.05) is 71.0 Å². The number of hydrogen-bond acceptors (Lipinski definition) is 6. The number of rotatable bonds is 5. The van der Waals surface area contributed by atoms with E-state index in [0.29, 0.717) is 38.3 Å². The number of hydrogen-bond donors (Lipinski definition) is 1. The summed E-state index contributed by atoms with van der Waals surface area (Å²) in [5, 5.41) is 12.5. The van der Waals surface area contributed by atoms with E-state index in [9.17, 15) is 14.7 Å². The largest absolute Gasteiger partial charge is 0.507 e. The second kappa shape index (κ2) is 10.3. The Morgan fingerprint density at radius 1 is 0.925 bits per heavy atom. The minimum atomic E-state index is -0.935. The number of aryl methyl sites for hydroxylation is 2. The summed E-state index contributed by atoms with van der Waals surface area (Å²) < 4.78 is 6.83. The van der Waals surface area contributed by atoms with Crippen LogP contribution in [0.1, 0.15) is 28.3 Å². The van der Waals surface area contributed by atoms with Gasteiger partial charge in [-0.15, -0.1) is 0 Å². The van der Waals surface area contributed by atoms with E-state index in [1.54, 1.807) is 36.4 Å². The number of aromatic nitrogens is 1. The molecule has 4 aromatic carbocycles. The van der Waals surface area contributed by atoms with Gasteiger partial charge < -0.3 is 9.84 Å². The third kappa shape index (κ3) is 4.63. The highest BCUT2D eigenvalue weighted by atomic mass is 35.5. The van der Waals surface area contributed by atoms with Gasteiger partial charge in [0.25, 0.3) is 5.78 Å². The van der Waals surface area contributed by atoms with Crippen LogP contribution in [-0.2, 0) is 9.59 Å². The van der Waals surface area contributed by atoms with Crippen LogP contribution in [0.4, 0.5) is 5.13 Å². The highest BCUT2D eigenvalue weighted by Crippen LogP contribution is 2.45. The summed E-state index contributed by atoms with van der Waals surface area (Å²) in [5.41, 5.74) is 3.43. The van der Waals surface area contributed by atoms with Crippen LogP contribution in [0, 0.1) is 13.8 Å². The summed E-state index contributed by atoms with van der Waals surface area (Å²) in [6.45, 7) is 3.76. The fraction of sp³-hybridized carbons (Fsp3) is 0.0938. The normalized spacial score (nSPS) is 16.6. The van der Waals surface area contributed by atoms with E-state index in [2.05, 4.69) is 4.98 Å². The van der Waals surface area contributed by atoms with E-state index in [4.69, 9.17) is 16.3 Å². The molecule has 1 atom stereocenters. The van der Waals surface area contributed by atoms with Crippen LogP contribution in [0.15, 0.2) is 96.6 Å². The van der Waals surface area contributed by atoms with Crippen molar-refractivity contribution in [1.29, 1.82) is 0 Å². The van der Waals surface area contributed by atoms with Gasteiger partial charge in [-0.05, 0) is 73.5 Å². The van der Waals surface area contributed by atoms with Crippen LogP contribution in [0.5, 0.6) is 11.5 Å². The summed E-state index contributed by atoms with van der Waals surface area (Å²) in [6.07, 6.45) is 0. The number of anilines is 1. The molecule has 6 rings (SSSR count). The Morgan fingerprint density at radius 3 is 2.50 bits per heavy atom. The highest BCUT2D eigenvalue weighted by molar-refractivity contribution is 7.22. The number of thiazole rings is 1. The molecule has 1 aliphatic rings. The zero-order valence-corrected chi connectivity index (χ0v) is 23.2. The fourth-order valence-corrected chi connectivity index (χ4v) is 6.11. The first-order valence-electron chi connectivity index (χ1n) is 12.6. The number of amides is 1. The summed E-state index contributed by atoms with van der Waals surface area (Å²) >= 11 is 7.45. The molecule has 40 heavy (non-hydrogen) atoms. The zero-order chi connectivity index (χ0) is 28.0. The predicted octanol–water partition coefficient (Wildman–Crippen LogP) is 7.99. The molecule has 0 bridgehead atoms. The van der Waals surface area contributed by atoms with Crippen molar-refractivity contribution in [2.75, 3.05) is 4.90 Å². The summed E-state index contributed by atoms with van der Waals surface area (Å²) in [7, 11) is 0. The summed E-state index contributed by atoms with van der Waals surface area (Å²) in [6, 6.07) is 26.4. The van der Waals surface area contributed by atoms with Crippen LogP contribution in [0.2, 0.25) is 5.02 Å². The first-order chi connectivity index (χ1) is 19.3. The number of Topliss-reactive ketones (excluding diaryl/α,β-unsaturated/α-hetero) is 1. The fourth-order valence-electron chi connectivity index (χ4n) is 4.84. The molecular weight excluding hydrogens is 544 g/mol. The number of carbonyl (C=O) groups excluding carboxylic acids is 2. The van der Waals surface area contributed by atoms with Gasteiger partial charge in [0.2, 0.25) is 0 Å². The van der Waals surface area contributed by atoms with E-state index in [1.807, 2.05) is 68.4 Å². The Morgan fingerprint density at radius 2 is 1.70 bits per heavy atom. The van der Waals surface area contributed by atoms with Gasteiger partial charge in [0, 0.05) is 10.6 Å². The number of ketones is 1. The number of carbonyl (C=O) groups is 2. The van der Waals surface area contributed by atoms with E-state index < -0.39 is 17.7 Å². The van der Waals surface area contributed by atoms with Crippen molar-refractivity contribution in [2.45, 2.75) is 19.9 Å². The highest BCUT2D eigenvalue weighted by Gasteiger charge is 2.48. The van der Waals surface area contributed by atoms with Gasteiger partial charge in [-0.25, -0.2) is 4.98 Å². The smallest absolute Gasteiger partial charge is 0.301 e. The number of ether oxygens (including phenoxy) is 1. The molecule has 6 nitrogen and oxygen atoms in total. The Kier molecular flexibility index (Phi) is 6.62. The van der Waals surface area contributed by atoms with E-state index in [1.165, 1.54) is 16.2 Å². The van der Waals surface area contributed by atoms with Gasteiger partial charge >= 0.3 is 5.91 Å². The number of para-hydroxylation sites is 1. The van der Waals surface area contributed by atoms with Crippen molar-refractivity contribution in [2.24, 2.45) is 0 Å². The summed E-state index contributed by atoms with van der Waals surface area (Å²) in [5.74, 6) is -0.610. The quantitative estimate of drug-likeness (QED) is 0.132. The van der Waals surface area contributed by atoms with Gasteiger partial charge in [0.1, 0.15) is 17.3 Å². The number of aliphatic hydroxyl groups excluding tert-OH is 1. The van der Waals surface area contributed by atoms with Crippen molar-refractivity contribution >= 4 is 55.7 Å². The molecule has 1 N–H and O–H groups in total. The molecule has 1 fully saturated rings. The number of halogens is 1. The molecule has 1 aromatic heterocycles. The average Bonchev–Trinajstić information content (AvgIpc) is 3.48. The average molecular weight is 567 g/mol. The molecule has 1 unspecified atom stereocenters. The lowest BCUT2D eigenvalue weighted by atomic mass is 9.93. The summed E-state index contributed by atoms with van der Waals surface area (Å²) in [4.78, 5) is 33.3. The number of aliphatic hydroxyl groups is 1. The Bertz CT molecular complexity index is 1830. The molecule has 0 radical (unpaired) electrons. The maximum atomic E-state index is 13.6. The lowest BCUT2D eigenvalue weighted by Crippen LogP contribution is -2.29. The van der Waals surface area contributed by atoms with Gasteiger partial charge in [-0.3, -0.25) is 14.5 Å². The molecule has 2 heterocycles. The van der Waals surface area contributed by atoms with Crippen molar-refractivity contribution in [1.82, 2.24) is 4.98 Å². The first kappa shape index (κ1) is 25.8. The first-order valence-corrected chi connectivity index (χ1v) is 13.8. The monoisotopic (exact) mass is 566 g/mol. The Balaban J connectivity index is 1.55. The minimum absolute atomic E-state index is 0.00662. The van der Waals surface area contributed by atoms with E-state index in [0.717, 1.165) is 15.8 Å². The molecule has 0 aliphatic carbocycles. The molecular formula is C32H23ClN2O4S. The van der Waals surface area contributed by atoms with E-state index in [-0.39, 0.29) is 11.3 Å². The Labute approximate surface area is 239 Å². The molecule has 0 spiro atoms. The molecule has 8 heteroatoms. The van der Waals surface area contributed by atoms with E-state index >= 15 is 0 Å². The van der Waals surface area contributed by atoms with Crippen LogP contribution >= 0.6 is 22.9 Å². The van der Waals surface area contributed by atoms with Crippen molar-refractivity contribution < 1.29 is 19.4 Å². The number of fused-ring (bicyclic) bond motifs is 1. The lowest BCUT2D eigenvalue weighted by Gasteiger charge is -2.23. The lowest BCUT2D eigenvalue weighted by molar-refractivity contribution is -0.132. The van der Waals surface area contributed by atoms with Crippen LogP contribution in [-0.4, -0.2) is 21.8 Å². The third-order valence-electron chi connectivity index (χ3n) is 6.79. The van der Waals surface area contributed by atoms with Crippen molar-refractivity contribution in [3.63, 3.8) is 0 Å². The van der Waals surface area contributed by atoms with Crippen molar-refractivity contribution in [3.05, 3.63) is 124 Å². The van der Waals surface area contributed by atoms with Crippen molar-refractivity contribution in [3.8, 4) is 11.5 Å². The molecule has 198 valence electrons. The molecule has 1 aliphatic heterocycles. The second-order valence-corrected chi connectivity index (χ2v) is 11.0. The SMILES string of the molecule is Cc1ccc(C)c(C(O)=C2C(=O)C(=O)N(c3nc4ccc(Cl)cc4s3)C2c2cccc(Oc3ccccc3)c2)c1. The second-order valence-electron chi connectivity index (χ2n) is 9.58. The molecule has 5 aromatic rings. The number of nitrogens with zero attached hydrogens (tertiary/aromatic N) is 2. The maximum Gasteiger partial charge on any atom is 0.301 e. The van der Waals surface area contributed by atoms with Crippen LogP contribution < -0.4 is 9.64 Å². The van der Waals surface area contributed by atoms with Crippen LogP contribution in [0.3, 0.4) is 0 Å². The standard InChI is InChI=1S/C32H23ClN2O4S/c1-18-11-12-19(2)24(15-18)29(36)27-28(20-7-6-10-23(16-20)39-22-8-4-3-5-9-22)35(31(38)30(27)37)32-34-25-14-13-21(33)17-26(25)40-32/h3-17,28,36H,1-2H3. The third-order valence-corrected chi connectivity index (χ3v) is 8.04. The van der Waals surface area contributed by atoms with Gasteiger partial charge in [0.15, 0.2) is 5.13 Å². The molecule has 1 amide bonds. The predicted molar refractivity (Wildman–Crippen MR) is 158 cm³/mol. The maximum absolute atomic E-state index is 13.6. The number of benzene rings is 4. The molecule has 1 saturated heterocycles. The molecule has 0 saturated carbocycles.